The zero-order valence-electron chi connectivity index (χ0n) is 13.4. The molecule has 1 aromatic rings. The molecule has 0 atom stereocenters. The van der Waals surface area contributed by atoms with Crippen LogP contribution in [0.1, 0.15) is 31.2 Å². The number of nitrogens with one attached hydrogen (secondary N) is 2. The Balaban J connectivity index is 0.00000264. The van der Waals surface area contributed by atoms with Crippen molar-refractivity contribution in [3.8, 4) is 0 Å². The van der Waals surface area contributed by atoms with Crippen molar-refractivity contribution in [2.45, 2.75) is 31.1 Å². The molecule has 6 heteroatoms. The molecule has 2 rings (SSSR count). The van der Waals surface area contributed by atoms with Crippen LogP contribution >= 0.6 is 24.0 Å². The van der Waals surface area contributed by atoms with Crippen molar-refractivity contribution in [1.82, 2.24) is 10.6 Å². The maximum absolute atomic E-state index is 14.2. The van der Waals surface area contributed by atoms with Gasteiger partial charge in [-0.1, -0.05) is 25.0 Å². The van der Waals surface area contributed by atoms with Crippen LogP contribution in [0.3, 0.4) is 0 Å². The molecule has 1 saturated carbocycles. The lowest BCUT2D eigenvalue weighted by molar-refractivity contribution is 0.386. The molecule has 0 saturated heterocycles. The maximum atomic E-state index is 14.2. The molecule has 0 heterocycles. The summed E-state index contributed by atoms with van der Waals surface area (Å²) in [5.74, 6) is -0.307. The number of rotatable bonds is 5. The van der Waals surface area contributed by atoms with Crippen LogP contribution in [0, 0.1) is 11.6 Å². The lowest BCUT2D eigenvalue weighted by atomic mass is 9.78. The minimum Gasteiger partial charge on any atom is -0.356 e. The highest BCUT2D eigenvalue weighted by Gasteiger charge is 2.39. The third kappa shape index (κ3) is 4.65. The van der Waals surface area contributed by atoms with E-state index in [1.807, 2.05) is 0 Å². The fourth-order valence-electron chi connectivity index (χ4n) is 3.21. The van der Waals surface area contributed by atoms with Gasteiger partial charge in [-0.15, -0.1) is 30.6 Å². The molecule has 0 unspecified atom stereocenters. The van der Waals surface area contributed by atoms with Crippen molar-refractivity contribution in [3.63, 3.8) is 0 Å². The van der Waals surface area contributed by atoms with Crippen LogP contribution in [-0.4, -0.2) is 26.1 Å². The van der Waals surface area contributed by atoms with E-state index in [1.165, 1.54) is 18.2 Å². The molecule has 0 amide bonds. The van der Waals surface area contributed by atoms with Crippen molar-refractivity contribution in [1.29, 1.82) is 0 Å². The molecule has 2 N–H and O–H groups in total. The average molecular weight is 435 g/mol. The summed E-state index contributed by atoms with van der Waals surface area (Å²) in [6.07, 6.45) is 5.24. The van der Waals surface area contributed by atoms with Gasteiger partial charge in [0.1, 0.15) is 11.6 Å². The third-order valence-electron chi connectivity index (χ3n) is 4.29. The molecule has 1 aliphatic carbocycles. The summed E-state index contributed by atoms with van der Waals surface area (Å²) in [6, 6.07) is 4.08. The smallest absolute Gasteiger partial charge is 0.191 e. The molecule has 23 heavy (non-hydrogen) atoms. The Bertz CT molecular complexity index is 535. The second-order valence-corrected chi connectivity index (χ2v) is 5.68. The third-order valence-corrected chi connectivity index (χ3v) is 4.29. The molecule has 0 spiro atoms. The van der Waals surface area contributed by atoms with Gasteiger partial charge in [0, 0.05) is 31.1 Å². The van der Waals surface area contributed by atoms with E-state index >= 15 is 0 Å². The van der Waals surface area contributed by atoms with Crippen LogP contribution < -0.4 is 10.6 Å². The summed E-state index contributed by atoms with van der Waals surface area (Å²) < 4.78 is 28.5. The number of guanidine groups is 1. The van der Waals surface area contributed by atoms with E-state index in [4.69, 9.17) is 0 Å². The van der Waals surface area contributed by atoms with Gasteiger partial charge < -0.3 is 10.6 Å². The van der Waals surface area contributed by atoms with E-state index in [0.29, 0.717) is 19.0 Å². The molecule has 1 fully saturated rings. The van der Waals surface area contributed by atoms with Gasteiger partial charge in [0.15, 0.2) is 5.96 Å². The van der Waals surface area contributed by atoms with E-state index in [0.717, 1.165) is 25.7 Å². The first-order valence-corrected chi connectivity index (χ1v) is 7.63. The second kappa shape index (κ2) is 9.20. The maximum Gasteiger partial charge on any atom is 0.191 e. The van der Waals surface area contributed by atoms with Gasteiger partial charge in [0.2, 0.25) is 0 Å². The highest BCUT2D eigenvalue weighted by atomic mass is 127. The molecule has 0 aromatic heterocycles. The van der Waals surface area contributed by atoms with Gasteiger partial charge >= 0.3 is 0 Å². The van der Waals surface area contributed by atoms with Crippen LogP contribution in [0.2, 0.25) is 0 Å². The molecule has 1 aromatic carbocycles. The van der Waals surface area contributed by atoms with Crippen LogP contribution in [0.25, 0.3) is 0 Å². The average Bonchev–Trinajstić information content (AvgIpc) is 2.97. The lowest BCUT2D eigenvalue weighted by Gasteiger charge is -2.31. The van der Waals surface area contributed by atoms with Gasteiger partial charge in [0.25, 0.3) is 0 Å². The molecule has 0 aliphatic heterocycles. The quantitative estimate of drug-likeness (QED) is 0.320. The molecule has 0 radical (unpaired) electrons. The normalized spacial score (nSPS) is 16.6. The van der Waals surface area contributed by atoms with E-state index in [9.17, 15) is 8.78 Å². The summed E-state index contributed by atoms with van der Waals surface area (Å²) in [5.41, 5.74) is -0.305. The number of aliphatic imine (C=N–C) groups is 1. The number of hydrogen-bond acceptors (Lipinski definition) is 1. The molecule has 128 valence electrons. The number of nitrogens with zero attached hydrogens (tertiary/aromatic N) is 1. The zero-order chi connectivity index (χ0) is 16.0. The predicted octanol–water partition coefficient (Wildman–Crippen LogP) is 3.75. The van der Waals surface area contributed by atoms with Gasteiger partial charge in [-0.3, -0.25) is 4.99 Å². The largest absolute Gasteiger partial charge is 0.356 e. The Kier molecular flexibility index (Phi) is 7.94. The van der Waals surface area contributed by atoms with Crippen molar-refractivity contribution in [3.05, 3.63) is 48.1 Å². The molecule has 3 nitrogen and oxygen atoms in total. The monoisotopic (exact) mass is 435 g/mol. The van der Waals surface area contributed by atoms with Gasteiger partial charge in [-0.2, -0.15) is 0 Å². The van der Waals surface area contributed by atoms with E-state index in [2.05, 4.69) is 22.2 Å². The Hall–Kier alpha value is -1.18. The lowest BCUT2D eigenvalue weighted by Crippen LogP contribution is -2.45. The van der Waals surface area contributed by atoms with Gasteiger partial charge in [-0.25, -0.2) is 8.78 Å². The first-order valence-electron chi connectivity index (χ1n) is 7.63. The second-order valence-electron chi connectivity index (χ2n) is 5.68. The van der Waals surface area contributed by atoms with E-state index in [1.54, 1.807) is 13.1 Å². The van der Waals surface area contributed by atoms with Crippen molar-refractivity contribution in [2.75, 3.05) is 20.1 Å². The molecule has 1 aliphatic rings. The minimum atomic E-state index is -0.513. The first kappa shape index (κ1) is 19.9. The van der Waals surface area contributed by atoms with Crippen LogP contribution in [0.5, 0.6) is 0 Å². The molecule has 0 bridgehead atoms. The Morgan fingerprint density at radius 3 is 2.39 bits per heavy atom. The summed E-state index contributed by atoms with van der Waals surface area (Å²) in [5, 5.41) is 6.27. The fourth-order valence-corrected chi connectivity index (χ4v) is 3.21. The van der Waals surface area contributed by atoms with E-state index < -0.39 is 17.0 Å². The van der Waals surface area contributed by atoms with Crippen molar-refractivity contribution in [2.24, 2.45) is 4.99 Å². The van der Waals surface area contributed by atoms with Crippen LogP contribution in [-0.2, 0) is 5.41 Å². The van der Waals surface area contributed by atoms with Crippen molar-refractivity contribution >= 4 is 29.9 Å². The van der Waals surface area contributed by atoms with Crippen LogP contribution in [0.4, 0.5) is 8.78 Å². The highest BCUT2D eigenvalue weighted by Crippen LogP contribution is 2.42. The van der Waals surface area contributed by atoms with Gasteiger partial charge in [-0.05, 0) is 25.0 Å². The summed E-state index contributed by atoms with van der Waals surface area (Å²) in [6.45, 7) is 4.69. The molecular weight excluding hydrogens is 411 g/mol. The zero-order valence-corrected chi connectivity index (χ0v) is 15.7. The van der Waals surface area contributed by atoms with Crippen molar-refractivity contribution < 1.29 is 8.78 Å². The van der Waals surface area contributed by atoms with Gasteiger partial charge in [0.05, 0.1) is 0 Å². The van der Waals surface area contributed by atoms with Crippen LogP contribution in [0.15, 0.2) is 35.8 Å². The topological polar surface area (TPSA) is 36.4 Å². The standard InChI is InChI=1S/C17H23F2N3.HI/c1-3-11-21-16(20-2)22-12-17(9-4-5-10-17)15-13(18)7-6-8-14(15)19;/h3,6-8H,1,4-5,9-12H2,2H3,(H2,20,21,22);1H. The van der Waals surface area contributed by atoms with E-state index in [-0.39, 0.29) is 29.5 Å². The minimum absolute atomic E-state index is 0. The highest BCUT2D eigenvalue weighted by molar-refractivity contribution is 14.0. The summed E-state index contributed by atoms with van der Waals surface area (Å²) in [4.78, 5) is 4.12. The Labute approximate surface area is 153 Å². The SMILES string of the molecule is C=CCNC(=NC)NCC1(c2c(F)cccc2F)CCCC1.I. The Morgan fingerprint density at radius 1 is 1.26 bits per heavy atom. The first-order chi connectivity index (χ1) is 10.6. The number of benzene rings is 1. The Morgan fingerprint density at radius 2 is 1.87 bits per heavy atom. The fraction of sp³-hybridized carbons (Fsp3) is 0.471. The summed E-state index contributed by atoms with van der Waals surface area (Å²) >= 11 is 0. The predicted molar refractivity (Wildman–Crippen MR) is 101 cm³/mol. The summed E-state index contributed by atoms with van der Waals surface area (Å²) in [7, 11) is 1.67. The number of hydrogen-bond donors (Lipinski definition) is 2. The molecular formula is C17H24F2IN3. The number of halogens is 3.